The Labute approximate surface area is 371 Å². The topological polar surface area (TPSA) is 82.0 Å². The maximum Gasteiger partial charge on any atom is 0.569 e. The summed E-state index contributed by atoms with van der Waals surface area (Å²) in [7, 11) is 0.662. The molecule has 6 nitrogen and oxygen atoms in total. The van der Waals surface area contributed by atoms with Crippen LogP contribution in [0.25, 0.3) is 98.9 Å². The van der Waals surface area contributed by atoms with Gasteiger partial charge in [0.15, 0.2) is 22.3 Å². The zero-order valence-corrected chi connectivity index (χ0v) is 35.0. The number of furan rings is 4. The molecule has 0 fully saturated rings. The second-order valence-corrected chi connectivity index (χ2v) is 16.3. The van der Waals surface area contributed by atoms with Crippen molar-refractivity contribution in [3.05, 3.63) is 171 Å². The minimum absolute atomic E-state index is 0. The molecule has 12 rings (SSSR count). The molecule has 4 heterocycles. The van der Waals surface area contributed by atoms with Crippen molar-refractivity contribution < 1.29 is 27.3 Å². The fourth-order valence-electron chi connectivity index (χ4n) is 7.42. The Morgan fingerprint density at radius 2 is 0.717 bits per heavy atom. The maximum atomic E-state index is 8.17. The molecule has 0 saturated heterocycles. The Hall–Kier alpha value is -5.78. The van der Waals surface area contributed by atoms with Crippen molar-refractivity contribution in [1.82, 2.24) is 0 Å². The van der Waals surface area contributed by atoms with Gasteiger partial charge in [-0.05, 0) is 114 Å². The van der Waals surface area contributed by atoms with Gasteiger partial charge in [-0.2, -0.15) is 0 Å². The number of benzene rings is 8. The van der Waals surface area contributed by atoms with Crippen LogP contribution in [0, 0.1) is 0 Å². The van der Waals surface area contributed by atoms with Crippen LogP contribution in [0.1, 0.15) is 14.9 Å². The number of halogens is 3. The number of hydrogen-bond donors (Lipinski definition) is 1. The van der Waals surface area contributed by atoms with Crippen LogP contribution >= 0.6 is 47.8 Å². The highest BCUT2D eigenvalue weighted by molar-refractivity contribution is 9.11. The SMILES string of the molecule is Brc1ccc2oc3c(ccc4c5cc(-c6ccccc6)ccc5oc43)c2c1.Brc1ccc2oc3c(ccc4c5cc(Br)ccc5oc43)c2c1.C.C.O[B]Oc1ccccc1. The van der Waals surface area contributed by atoms with E-state index in [1.54, 1.807) is 12.1 Å². The van der Waals surface area contributed by atoms with Crippen molar-refractivity contribution in [2.45, 2.75) is 14.9 Å². The van der Waals surface area contributed by atoms with Gasteiger partial charge in [-0.25, -0.2) is 0 Å². The summed E-state index contributed by atoms with van der Waals surface area (Å²) in [6.07, 6.45) is 0. The largest absolute Gasteiger partial charge is 0.569 e. The molecule has 1 N–H and O–H groups in total. The molecular formula is C50H35BBr3O6. The van der Waals surface area contributed by atoms with Gasteiger partial charge in [0.1, 0.15) is 22.3 Å². The van der Waals surface area contributed by atoms with Crippen molar-refractivity contribution in [1.29, 1.82) is 0 Å². The maximum absolute atomic E-state index is 8.17. The lowest BCUT2D eigenvalue weighted by atomic mass is 10.0. The van der Waals surface area contributed by atoms with Crippen LogP contribution in [0.3, 0.4) is 0 Å². The molecule has 0 saturated carbocycles. The first-order valence-electron chi connectivity index (χ1n) is 18.2. The summed E-state index contributed by atoms with van der Waals surface area (Å²) in [6.45, 7) is 0. The molecule has 12 aromatic rings. The molecule has 0 amide bonds. The summed E-state index contributed by atoms with van der Waals surface area (Å²) in [5, 5.41) is 16.8. The Bertz CT molecular complexity index is 3370. The lowest BCUT2D eigenvalue weighted by Gasteiger charge is -2.01. The van der Waals surface area contributed by atoms with E-state index in [0.717, 1.165) is 101 Å². The number of fused-ring (bicyclic) bond motifs is 14. The summed E-state index contributed by atoms with van der Waals surface area (Å²) in [4.78, 5) is 0. The third-order valence-electron chi connectivity index (χ3n) is 10.1. The van der Waals surface area contributed by atoms with Gasteiger partial charge in [0.05, 0.1) is 5.75 Å². The lowest BCUT2D eigenvalue weighted by molar-refractivity contribution is 0.454. The van der Waals surface area contributed by atoms with E-state index in [4.69, 9.17) is 22.7 Å². The molecule has 0 aliphatic rings. The predicted molar refractivity (Wildman–Crippen MR) is 259 cm³/mol. The Morgan fingerprint density at radius 1 is 0.367 bits per heavy atom. The second-order valence-electron chi connectivity index (χ2n) is 13.6. The molecule has 0 bridgehead atoms. The average Bonchev–Trinajstić information content (AvgIpc) is 4.02. The highest BCUT2D eigenvalue weighted by Gasteiger charge is 2.18. The summed E-state index contributed by atoms with van der Waals surface area (Å²) >= 11 is 10.6. The van der Waals surface area contributed by atoms with Crippen LogP contribution in [-0.4, -0.2) is 12.7 Å². The van der Waals surface area contributed by atoms with Crippen molar-refractivity contribution in [3.63, 3.8) is 0 Å². The van der Waals surface area contributed by atoms with Gasteiger partial charge in [0, 0.05) is 56.5 Å². The van der Waals surface area contributed by atoms with E-state index in [-0.39, 0.29) is 14.9 Å². The van der Waals surface area contributed by atoms with Gasteiger partial charge >= 0.3 is 7.69 Å². The molecule has 8 aromatic carbocycles. The summed E-state index contributed by atoms with van der Waals surface area (Å²) in [5.74, 6) is 0.639. The van der Waals surface area contributed by atoms with Crippen LogP contribution in [0.5, 0.6) is 5.75 Å². The molecule has 10 heteroatoms. The Kier molecular flexibility index (Phi) is 11.7. The van der Waals surface area contributed by atoms with E-state index in [2.05, 4.69) is 131 Å². The van der Waals surface area contributed by atoms with Crippen LogP contribution in [0.4, 0.5) is 0 Å². The first kappa shape index (κ1) is 41.0. The molecule has 0 unspecified atom stereocenters. The smallest absolute Gasteiger partial charge is 0.537 e. The average molecular weight is 982 g/mol. The quantitative estimate of drug-likeness (QED) is 0.178. The first-order valence-corrected chi connectivity index (χ1v) is 20.6. The first-order chi connectivity index (χ1) is 28.4. The normalized spacial score (nSPS) is 11.1. The van der Waals surface area contributed by atoms with E-state index in [1.165, 1.54) is 11.1 Å². The molecule has 0 aliphatic heterocycles. The Morgan fingerprint density at radius 3 is 1.10 bits per heavy atom. The molecule has 1 radical (unpaired) electrons. The molecule has 60 heavy (non-hydrogen) atoms. The summed E-state index contributed by atoms with van der Waals surface area (Å²) in [5.41, 5.74) is 9.07. The minimum atomic E-state index is 0. The third kappa shape index (κ3) is 7.49. The summed E-state index contributed by atoms with van der Waals surface area (Å²) in [6, 6.07) is 52.4. The number of rotatable bonds is 3. The lowest BCUT2D eigenvalue weighted by Crippen LogP contribution is -1.98. The fraction of sp³-hybridized carbons (Fsp3) is 0.0400. The molecule has 0 spiro atoms. The van der Waals surface area contributed by atoms with Crippen LogP contribution in [-0.2, 0) is 0 Å². The predicted octanol–water partition coefficient (Wildman–Crippen LogP) is 16.8. The van der Waals surface area contributed by atoms with E-state index < -0.39 is 0 Å². The zero-order chi connectivity index (χ0) is 39.3. The van der Waals surface area contributed by atoms with Gasteiger partial charge in [0.25, 0.3) is 0 Å². The second kappa shape index (κ2) is 17.1. The van der Waals surface area contributed by atoms with E-state index in [9.17, 15) is 0 Å². The molecule has 4 aromatic heterocycles. The summed E-state index contributed by atoms with van der Waals surface area (Å²) < 4.78 is 32.2. The highest BCUT2D eigenvalue weighted by atomic mass is 79.9. The van der Waals surface area contributed by atoms with Crippen LogP contribution in [0.2, 0.25) is 0 Å². The van der Waals surface area contributed by atoms with Gasteiger partial charge in [-0.3, -0.25) is 0 Å². The Balaban J connectivity index is 0.000000136. The highest BCUT2D eigenvalue weighted by Crippen LogP contribution is 2.41. The van der Waals surface area contributed by atoms with E-state index in [0.29, 0.717) is 13.4 Å². The number of para-hydroxylation sites is 1. The fourth-order valence-corrected chi connectivity index (χ4v) is 8.51. The van der Waals surface area contributed by atoms with Gasteiger partial charge in [0.2, 0.25) is 0 Å². The van der Waals surface area contributed by atoms with Crippen LogP contribution in [0.15, 0.2) is 189 Å². The van der Waals surface area contributed by atoms with Gasteiger partial charge in [-0.15, -0.1) is 0 Å². The van der Waals surface area contributed by atoms with Crippen LogP contribution < -0.4 is 4.65 Å². The van der Waals surface area contributed by atoms with E-state index >= 15 is 0 Å². The molecule has 0 atom stereocenters. The van der Waals surface area contributed by atoms with Gasteiger partial charge in [-0.1, -0.05) is 117 Å². The van der Waals surface area contributed by atoms with Crippen molar-refractivity contribution in [2.24, 2.45) is 0 Å². The van der Waals surface area contributed by atoms with Crippen molar-refractivity contribution in [3.8, 4) is 16.9 Å². The van der Waals surface area contributed by atoms with Gasteiger partial charge < -0.3 is 27.3 Å². The molecule has 295 valence electrons. The van der Waals surface area contributed by atoms with Crippen molar-refractivity contribution in [2.75, 3.05) is 0 Å². The molecule has 0 aliphatic carbocycles. The monoisotopic (exact) mass is 979 g/mol. The molecular weight excluding hydrogens is 947 g/mol. The van der Waals surface area contributed by atoms with Crippen molar-refractivity contribution >= 4 is 143 Å². The minimum Gasteiger partial charge on any atom is -0.537 e. The number of hydrogen-bond acceptors (Lipinski definition) is 6. The zero-order valence-electron chi connectivity index (χ0n) is 30.2. The van der Waals surface area contributed by atoms with E-state index in [1.807, 2.05) is 66.7 Å². The third-order valence-corrected chi connectivity index (χ3v) is 11.6. The standard InChI is InChI=1S/C24H13BrO2.C18H8Br2O2.C6H6BO2.2CH4/c25-16-7-11-22-20(13-16)18-9-8-17-19-12-15(14-4-2-1-3-5-14)6-10-21(19)26-23(17)24(18)27-22;19-9-1-5-15-13(7-9)11-3-4-12-14-8-10(20)2-6-16(14)22-18(12)17(11)21-15;8-7-9-6-4-2-1-3-5-6;;/h1-13H;1-8H;1-5,8H;2*1H4.